The maximum Gasteiger partial charge on any atom is 0.255 e. The lowest BCUT2D eigenvalue weighted by Gasteiger charge is -2.30. The van der Waals surface area contributed by atoms with Gasteiger partial charge in [0.1, 0.15) is 0 Å². The summed E-state index contributed by atoms with van der Waals surface area (Å²) in [7, 11) is 0. The van der Waals surface area contributed by atoms with Crippen molar-refractivity contribution in [2.75, 3.05) is 18.4 Å². The lowest BCUT2D eigenvalue weighted by atomic mass is 9.96. The molecular formula is C30H30N4O3. The van der Waals surface area contributed by atoms with E-state index in [0.717, 1.165) is 46.3 Å². The molecule has 0 unspecified atom stereocenters. The van der Waals surface area contributed by atoms with Gasteiger partial charge in [0.15, 0.2) is 0 Å². The van der Waals surface area contributed by atoms with E-state index in [9.17, 15) is 9.59 Å². The Morgan fingerprint density at radius 1 is 0.919 bits per heavy atom. The van der Waals surface area contributed by atoms with Crippen molar-refractivity contribution in [2.45, 2.75) is 39.5 Å². The molecule has 4 aromatic rings. The topological polar surface area (TPSA) is 88.3 Å². The molecule has 7 nitrogen and oxygen atoms in total. The van der Waals surface area contributed by atoms with Gasteiger partial charge in [-0.3, -0.25) is 9.59 Å². The highest BCUT2D eigenvalue weighted by Gasteiger charge is 2.28. The third-order valence-electron chi connectivity index (χ3n) is 6.83. The molecular weight excluding hydrogens is 464 g/mol. The van der Waals surface area contributed by atoms with E-state index >= 15 is 0 Å². The molecule has 0 radical (unpaired) electrons. The number of likely N-dealkylation sites (tertiary alicyclic amines) is 1. The zero-order valence-corrected chi connectivity index (χ0v) is 21.3. The summed E-state index contributed by atoms with van der Waals surface area (Å²) in [6, 6.07) is 20.8. The van der Waals surface area contributed by atoms with Gasteiger partial charge >= 0.3 is 0 Å². The van der Waals surface area contributed by atoms with Crippen LogP contribution in [0.1, 0.15) is 62.1 Å². The van der Waals surface area contributed by atoms with E-state index in [0.29, 0.717) is 30.4 Å². The minimum Gasteiger partial charge on any atom is -0.339 e. The first kappa shape index (κ1) is 24.4. The maximum atomic E-state index is 12.9. The maximum absolute atomic E-state index is 12.9. The van der Waals surface area contributed by atoms with Gasteiger partial charge in [-0.2, -0.15) is 4.98 Å². The highest BCUT2D eigenvalue weighted by Crippen LogP contribution is 2.29. The molecule has 0 atom stereocenters. The summed E-state index contributed by atoms with van der Waals surface area (Å²) < 4.78 is 5.59. The van der Waals surface area contributed by atoms with Crippen LogP contribution < -0.4 is 5.32 Å². The molecule has 2 heterocycles. The molecule has 0 bridgehead atoms. The zero-order valence-electron chi connectivity index (χ0n) is 21.3. The fourth-order valence-electron chi connectivity index (χ4n) is 4.85. The minimum absolute atomic E-state index is 0.0735. The molecule has 7 heteroatoms. The van der Waals surface area contributed by atoms with Crippen molar-refractivity contribution in [3.63, 3.8) is 0 Å². The number of aryl methyl sites for hydroxylation is 3. The number of carbonyl (C=O) groups is 2. The molecule has 0 spiro atoms. The summed E-state index contributed by atoms with van der Waals surface area (Å²) in [4.78, 5) is 32.1. The van der Waals surface area contributed by atoms with E-state index in [1.165, 1.54) is 0 Å². The van der Waals surface area contributed by atoms with Crippen LogP contribution in [0.5, 0.6) is 0 Å². The number of aromatic nitrogens is 2. The summed E-state index contributed by atoms with van der Waals surface area (Å²) in [6.07, 6.45) is 1.55. The van der Waals surface area contributed by atoms with Gasteiger partial charge in [-0.15, -0.1) is 0 Å². The van der Waals surface area contributed by atoms with E-state index in [1.807, 2.05) is 74.2 Å². The SMILES string of the molecule is Cc1cc(C)cc(NC(=O)c2ccc(-c3noc(C4CCN(C(=O)c5ccccc5C)CC4)n3)cc2)c1. The Morgan fingerprint density at radius 2 is 1.59 bits per heavy atom. The summed E-state index contributed by atoms with van der Waals surface area (Å²) in [5.74, 6) is 1.11. The summed E-state index contributed by atoms with van der Waals surface area (Å²) in [5, 5.41) is 7.12. The highest BCUT2D eigenvalue weighted by atomic mass is 16.5. The predicted octanol–water partition coefficient (Wildman–Crippen LogP) is 5.93. The van der Waals surface area contributed by atoms with Gasteiger partial charge in [-0.1, -0.05) is 41.6 Å². The normalized spacial score (nSPS) is 14.0. The molecule has 3 aromatic carbocycles. The van der Waals surface area contributed by atoms with Crippen LogP contribution in [-0.4, -0.2) is 39.9 Å². The fraction of sp³-hybridized carbons (Fsp3) is 0.267. The van der Waals surface area contributed by atoms with Crippen molar-refractivity contribution in [3.8, 4) is 11.4 Å². The number of rotatable bonds is 5. The van der Waals surface area contributed by atoms with Crippen molar-refractivity contribution in [1.29, 1.82) is 0 Å². The first-order valence-electron chi connectivity index (χ1n) is 12.6. The Balaban J connectivity index is 1.20. The van der Waals surface area contributed by atoms with Gasteiger partial charge in [0.2, 0.25) is 11.7 Å². The second-order valence-electron chi connectivity index (χ2n) is 9.75. The summed E-state index contributed by atoms with van der Waals surface area (Å²) in [5.41, 5.74) is 6.06. The van der Waals surface area contributed by atoms with Crippen LogP contribution in [0.3, 0.4) is 0 Å². The number of amides is 2. The first-order chi connectivity index (χ1) is 17.9. The number of anilines is 1. The molecule has 0 saturated carbocycles. The monoisotopic (exact) mass is 494 g/mol. The average Bonchev–Trinajstić information content (AvgIpc) is 3.39. The second-order valence-corrected chi connectivity index (χ2v) is 9.75. The fourth-order valence-corrected chi connectivity index (χ4v) is 4.85. The third-order valence-corrected chi connectivity index (χ3v) is 6.83. The van der Waals surface area contributed by atoms with Crippen molar-refractivity contribution in [1.82, 2.24) is 15.0 Å². The van der Waals surface area contributed by atoms with Crippen LogP contribution in [0.25, 0.3) is 11.4 Å². The molecule has 1 fully saturated rings. The number of hydrogen-bond acceptors (Lipinski definition) is 5. The van der Waals surface area contributed by atoms with E-state index < -0.39 is 0 Å². The van der Waals surface area contributed by atoms with Crippen molar-refractivity contribution < 1.29 is 14.1 Å². The van der Waals surface area contributed by atoms with Gasteiger partial charge in [-0.05, 0) is 80.6 Å². The second kappa shape index (κ2) is 10.4. The Bertz CT molecular complexity index is 1410. The highest BCUT2D eigenvalue weighted by molar-refractivity contribution is 6.04. The van der Waals surface area contributed by atoms with Crippen LogP contribution >= 0.6 is 0 Å². The number of nitrogens with zero attached hydrogens (tertiary/aromatic N) is 3. The van der Waals surface area contributed by atoms with E-state index in [2.05, 4.69) is 21.5 Å². The lowest BCUT2D eigenvalue weighted by molar-refractivity contribution is 0.0703. The van der Waals surface area contributed by atoms with Gasteiger partial charge in [0, 0.05) is 41.4 Å². The number of carbonyl (C=O) groups excluding carboxylic acids is 2. The van der Waals surface area contributed by atoms with Crippen molar-refractivity contribution in [2.24, 2.45) is 0 Å². The quantitative estimate of drug-likeness (QED) is 0.371. The van der Waals surface area contributed by atoms with E-state index in [-0.39, 0.29) is 17.7 Å². The minimum atomic E-state index is -0.169. The zero-order chi connectivity index (χ0) is 25.9. The van der Waals surface area contributed by atoms with Crippen LogP contribution in [-0.2, 0) is 0 Å². The van der Waals surface area contributed by atoms with Crippen LogP contribution in [0, 0.1) is 20.8 Å². The summed E-state index contributed by atoms with van der Waals surface area (Å²) in [6.45, 7) is 7.28. The van der Waals surface area contributed by atoms with Gasteiger partial charge in [0.05, 0.1) is 0 Å². The molecule has 0 aliphatic carbocycles. The van der Waals surface area contributed by atoms with Crippen LogP contribution in [0.15, 0.2) is 71.3 Å². The largest absolute Gasteiger partial charge is 0.339 e. The Kier molecular flexibility index (Phi) is 6.86. The Hall–Kier alpha value is -4.26. The summed E-state index contributed by atoms with van der Waals surface area (Å²) >= 11 is 0. The average molecular weight is 495 g/mol. The van der Waals surface area contributed by atoms with Gasteiger partial charge < -0.3 is 14.7 Å². The van der Waals surface area contributed by atoms with E-state index in [1.54, 1.807) is 12.1 Å². The van der Waals surface area contributed by atoms with Crippen LogP contribution in [0.4, 0.5) is 5.69 Å². The number of nitrogens with one attached hydrogen (secondary N) is 1. The Labute approximate surface area is 216 Å². The smallest absolute Gasteiger partial charge is 0.255 e. The van der Waals surface area contributed by atoms with Gasteiger partial charge in [-0.25, -0.2) is 0 Å². The predicted molar refractivity (Wildman–Crippen MR) is 143 cm³/mol. The molecule has 5 rings (SSSR count). The molecule has 1 aliphatic heterocycles. The molecule has 37 heavy (non-hydrogen) atoms. The third kappa shape index (κ3) is 5.45. The molecule has 1 aromatic heterocycles. The molecule has 188 valence electrons. The molecule has 1 aliphatic rings. The van der Waals surface area contributed by atoms with Gasteiger partial charge in [0.25, 0.3) is 11.8 Å². The molecule has 1 saturated heterocycles. The molecule has 2 amide bonds. The number of piperidine rings is 1. The van der Waals surface area contributed by atoms with Crippen molar-refractivity contribution >= 4 is 17.5 Å². The number of hydrogen-bond donors (Lipinski definition) is 1. The Morgan fingerprint density at radius 3 is 2.27 bits per heavy atom. The molecule has 1 N–H and O–H groups in total. The van der Waals surface area contributed by atoms with Crippen molar-refractivity contribution in [3.05, 3.63) is 100 Å². The first-order valence-corrected chi connectivity index (χ1v) is 12.6. The van der Waals surface area contributed by atoms with Crippen LogP contribution in [0.2, 0.25) is 0 Å². The number of benzene rings is 3. The standard InChI is InChI=1S/C30H30N4O3/c1-19-16-20(2)18-25(17-19)31-28(35)23-10-8-22(9-11-23)27-32-29(37-33-27)24-12-14-34(15-13-24)30(36)26-7-5-4-6-21(26)3/h4-11,16-18,24H,12-15H2,1-3H3,(H,31,35). The lowest BCUT2D eigenvalue weighted by Crippen LogP contribution is -2.38. The van der Waals surface area contributed by atoms with E-state index in [4.69, 9.17) is 4.52 Å².